The third-order valence-corrected chi connectivity index (χ3v) is 2.58. The van der Waals surface area contributed by atoms with Crippen LogP contribution in [0, 0.1) is 0 Å². The lowest BCUT2D eigenvalue weighted by Gasteiger charge is -2.16. The SMILES string of the molecule is CCCCOC(=O)CCOCC1COC(C)(C)O1. The summed E-state index contributed by atoms with van der Waals surface area (Å²) >= 11 is 0. The lowest BCUT2D eigenvalue weighted by atomic mass is 10.3. The minimum atomic E-state index is -0.521. The van der Waals surface area contributed by atoms with Gasteiger partial charge in [0.25, 0.3) is 0 Å². The van der Waals surface area contributed by atoms with Gasteiger partial charge in [-0.3, -0.25) is 4.79 Å². The Kier molecular flexibility index (Phi) is 6.60. The number of rotatable bonds is 8. The van der Waals surface area contributed by atoms with Gasteiger partial charge < -0.3 is 18.9 Å². The molecule has 106 valence electrons. The quantitative estimate of drug-likeness (QED) is 0.493. The number of unbranched alkanes of at least 4 members (excludes halogenated alkanes) is 1. The van der Waals surface area contributed by atoms with Crippen LogP contribution in [0.2, 0.25) is 0 Å². The molecule has 0 aromatic heterocycles. The van der Waals surface area contributed by atoms with Gasteiger partial charge in [-0.05, 0) is 20.3 Å². The molecule has 0 spiro atoms. The molecule has 1 saturated heterocycles. The molecule has 1 rings (SSSR count). The van der Waals surface area contributed by atoms with Crippen molar-refractivity contribution >= 4 is 5.97 Å². The zero-order valence-corrected chi connectivity index (χ0v) is 11.6. The molecule has 0 aromatic carbocycles. The van der Waals surface area contributed by atoms with Gasteiger partial charge in [-0.25, -0.2) is 0 Å². The fourth-order valence-electron chi connectivity index (χ4n) is 1.62. The monoisotopic (exact) mass is 260 g/mol. The van der Waals surface area contributed by atoms with Gasteiger partial charge in [-0.2, -0.15) is 0 Å². The van der Waals surface area contributed by atoms with Crippen molar-refractivity contribution in [2.75, 3.05) is 26.4 Å². The van der Waals surface area contributed by atoms with Crippen molar-refractivity contribution in [1.29, 1.82) is 0 Å². The third kappa shape index (κ3) is 6.33. The highest BCUT2D eigenvalue weighted by molar-refractivity contribution is 5.69. The molecular formula is C13H24O5. The molecule has 0 aliphatic carbocycles. The van der Waals surface area contributed by atoms with Crippen molar-refractivity contribution in [3.8, 4) is 0 Å². The van der Waals surface area contributed by atoms with E-state index in [2.05, 4.69) is 6.92 Å². The number of ether oxygens (including phenoxy) is 4. The summed E-state index contributed by atoms with van der Waals surface area (Å²) in [5.74, 6) is -0.722. The summed E-state index contributed by atoms with van der Waals surface area (Å²) < 4.78 is 21.4. The lowest BCUT2D eigenvalue weighted by molar-refractivity contribution is -0.149. The standard InChI is InChI=1S/C13H24O5/c1-4-5-7-16-12(14)6-8-15-9-11-10-17-13(2,3)18-11/h11H,4-10H2,1-3H3. The lowest BCUT2D eigenvalue weighted by Crippen LogP contribution is -2.24. The molecular weight excluding hydrogens is 236 g/mol. The maximum atomic E-state index is 11.3. The molecule has 0 amide bonds. The van der Waals surface area contributed by atoms with Crippen LogP contribution in [-0.4, -0.2) is 44.3 Å². The van der Waals surface area contributed by atoms with Gasteiger partial charge in [0.15, 0.2) is 5.79 Å². The fraction of sp³-hybridized carbons (Fsp3) is 0.923. The van der Waals surface area contributed by atoms with E-state index in [1.165, 1.54) is 0 Å². The Bertz CT molecular complexity index is 252. The maximum Gasteiger partial charge on any atom is 0.308 e. The van der Waals surface area contributed by atoms with Crippen molar-refractivity contribution in [3.05, 3.63) is 0 Å². The predicted octanol–water partition coefficient (Wildman–Crippen LogP) is 1.89. The van der Waals surface area contributed by atoms with Gasteiger partial charge in [0.05, 0.1) is 32.8 Å². The summed E-state index contributed by atoms with van der Waals surface area (Å²) in [5, 5.41) is 0. The Morgan fingerprint density at radius 3 is 2.78 bits per heavy atom. The zero-order valence-electron chi connectivity index (χ0n) is 11.6. The van der Waals surface area contributed by atoms with Crippen molar-refractivity contribution in [1.82, 2.24) is 0 Å². The third-order valence-electron chi connectivity index (χ3n) is 2.58. The summed E-state index contributed by atoms with van der Waals surface area (Å²) in [5.41, 5.74) is 0. The molecule has 0 N–H and O–H groups in total. The number of hydrogen-bond acceptors (Lipinski definition) is 5. The summed E-state index contributed by atoms with van der Waals surface area (Å²) in [4.78, 5) is 11.3. The number of esters is 1. The first kappa shape index (κ1) is 15.4. The van der Waals surface area contributed by atoms with Crippen molar-refractivity contribution in [3.63, 3.8) is 0 Å². The first-order valence-electron chi connectivity index (χ1n) is 6.58. The van der Waals surface area contributed by atoms with Gasteiger partial charge in [-0.1, -0.05) is 13.3 Å². The van der Waals surface area contributed by atoms with E-state index in [0.717, 1.165) is 12.8 Å². The predicted molar refractivity (Wildman–Crippen MR) is 66.2 cm³/mol. The van der Waals surface area contributed by atoms with Crippen LogP contribution in [0.1, 0.15) is 40.0 Å². The van der Waals surface area contributed by atoms with Crippen LogP contribution in [-0.2, 0) is 23.7 Å². The highest BCUT2D eigenvalue weighted by Crippen LogP contribution is 2.22. The minimum absolute atomic E-state index is 0.0453. The average molecular weight is 260 g/mol. The van der Waals surface area contributed by atoms with Crippen molar-refractivity contribution in [2.24, 2.45) is 0 Å². The molecule has 1 atom stereocenters. The van der Waals surface area contributed by atoms with Crippen molar-refractivity contribution < 1.29 is 23.7 Å². The van der Waals surface area contributed by atoms with Gasteiger partial charge >= 0.3 is 5.97 Å². The molecule has 18 heavy (non-hydrogen) atoms. The molecule has 1 unspecified atom stereocenters. The zero-order chi connectivity index (χ0) is 13.4. The Balaban J connectivity index is 1.97. The van der Waals surface area contributed by atoms with Crippen LogP contribution < -0.4 is 0 Å². The molecule has 1 heterocycles. The van der Waals surface area contributed by atoms with E-state index in [1.807, 2.05) is 13.8 Å². The molecule has 0 aromatic rings. The number of carbonyl (C=O) groups excluding carboxylic acids is 1. The summed E-state index contributed by atoms with van der Waals surface area (Å²) in [7, 11) is 0. The number of hydrogen-bond donors (Lipinski definition) is 0. The molecule has 0 radical (unpaired) electrons. The highest BCUT2D eigenvalue weighted by atomic mass is 16.7. The van der Waals surface area contributed by atoms with Crippen LogP contribution >= 0.6 is 0 Å². The van der Waals surface area contributed by atoms with Gasteiger partial charge in [0, 0.05) is 0 Å². The van der Waals surface area contributed by atoms with Gasteiger partial charge in [0.1, 0.15) is 6.10 Å². The van der Waals surface area contributed by atoms with Crippen LogP contribution in [0.4, 0.5) is 0 Å². The van der Waals surface area contributed by atoms with Crippen LogP contribution in [0.25, 0.3) is 0 Å². The Morgan fingerprint density at radius 1 is 1.39 bits per heavy atom. The van der Waals surface area contributed by atoms with E-state index in [-0.39, 0.29) is 12.1 Å². The van der Waals surface area contributed by atoms with Gasteiger partial charge in [-0.15, -0.1) is 0 Å². The Hall–Kier alpha value is -0.650. The van der Waals surface area contributed by atoms with Crippen LogP contribution in [0.15, 0.2) is 0 Å². The van der Waals surface area contributed by atoms with E-state index in [0.29, 0.717) is 32.8 Å². The van der Waals surface area contributed by atoms with E-state index in [4.69, 9.17) is 18.9 Å². The summed E-state index contributed by atoms with van der Waals surface area (Å²) in [6.45, 7) is 7.66. The fourth-order valence-corrected chi connectivity index (χ4v) is 1.62. The van der Waals surface area contributed by atoms with Crippen LogP contribution in [0.5, 0.6) is 0 Å². The average Bonchev–Trinajstić information content (AvgIpc) is 2.65. The van der Waals surface area contributed by atoms with Crippen LogP contribution in [0.3, 0.4) is 0 Å². The second-order valence-corrected chi connectivity index (χ2v) is 4.85. The second kappa shape index (κ2) is 7.71. The molecule has 5 heteroatoms. The van der Waals surface area contributed by atoms with Gasteiger partial charge in [0.2, 0.25) is 0 Å². The van der Waals surface area contributed by atoms with E-state index in [9.17, 15) is 4.79 Å². The largest absolute Gasteiger partial charge is 0.466 e. The number of carbonyl (C=O) groups is 1. The molecule has 0 saturated carbocycles. The van der Waals surface area contributed by atoms with Crippen molar-refractivity contribution in [2.45, 2.75) is 51.9 Å². The molecule has 5 nitrogen and oxygen atoms in total. The highest BCUT2D eigenvalue weighted by Gasteiger charge is 2.32. The maximum absolute atomic E-state index is 11.3. The molecule has 1 aliphatic rings. The first-order chi connectivity index (χ1) is 8.53. The second-order valence-electron chi connectivity index (χ2n) is 4.85. The van der Waals surface area contributed by atoms with E-state index in [1.54, 1.807) is 0 Å². The molecule has 0 bridgehead atoms. The topological polar surface area (TPSA) is 54.0 Å². The first-order valence-corrected chi connectivity index (χ1v) is 6.58. The normalized spacial score (nSPS) is 22.1. The summed E-state index contributed by atoms with van der Waals surface area (Å²) in [6.07, 6.45) is 2.19. The Morgan fingerprint density at radius 2 is 2.17 bits per heavy atom. The van der Waals surface area contributed by atoms with E-state index >= 15 is 0 Å². The Labute approximate surface area is 109 Å². The smallest absolute Gasteiger partial charge is 0.308 e. The molecule has 1 fully saturated rings. The van der Waals surface area contributed by atoms with E-state index < -0.39 is 5.79 Å². The summed E-state index contributed by atoms with van der Waals surface area (Å²) in [6, 6.07) is 0. The minimum Gasteiger partial charge on any atom is -0.466 e. The molecule has 1 aliphatic heterocycles.